The molecule has 9 nitrogen and oxygen atoms in total. The molecule has 0 bridgehead atoms. The number of sulfonamides is 1. The van der Waals surface area contributed by atoms with E-state index in [1.165, 1.54) is 59.4 Å². The minimum absolute atomic E-state index is 0.0197. The summed E-state index contributed by atoms with van der Waals surface area (Å²) < 4.78 is 47.9. The molecule has 0 unspecified atom stereocenters. The third-order valence-electron chi connectivity index (χ3n) is 6.00. The first-order chi connectivity index (χ1) is 18.2. The number of hydrogen-bond donors (Lipinski definition) is 3. The number of nitrogens with zero attached hydrogens (tertiary/aromatic N) is 2. The quantitative estimate of drug-likeness (QED) is 0.277. The van der Waals surface area contributed by atoms with Crippen LogP contribution < -0.4 is 10.3 Å². The molecule has 0 aliphatic carbocycles. The highest BCUT2D eigenvalue weighted by molar-refractivity contribution is 7.92. The Labute approximate surface area is 216 Å². The van der Waals surface area contributed by atoms with E-state index in [9.17, 15) is 27.8 Å². The van der Waals surface area contributed by atoms with Crippen molar-refractivity contribution in [3.8, 4) is 16.8 Å². The third-order valence-corrected chi connectivity index (χ3v) is 7.35. The van der Waals surface area contributed by atoms with Gasteiger partial charge in [-0.25, -0.2) is 12.8 Å². The van der Waals surface area contributed by atoms with Gasteiger partial charge in [0.15, 0.2) is 5.82 Å². The van der Waals surface area contributed by atoms with E-state index >= 15 is 0 Å². The van der Waals surface area contributed by atoms with Crippen molar-refractivity contribution in [3.05, 3.63) is 107 Å². The molecule has 2 heterocycles. The smallest absolute Gasteiger partial charge is 0.263 e. The number of nitrogens with one attached hydrogen (secondary N) is 1. The predicted octanol–water partition coefficient (Wildman–Crippen LogP) is 3.48. The van der Waals surface area contributed by atoms with Crippen LogP contribution in [0.15, 0.2) is 99.3 Å². The number of hydrogen-bond acceptors (Lipinski definition) is 7. The third kappa shape index (κ3) is 5.07. The summed E-state index contributed by atoms with van der Waals surface area (Å²) in [6.45, 7) is -0.492. The van der Waals surface area contributed by atoms with Crippen molar-refractivity contribution >= 4 is 26.7 Å². The van der Waals surface area contributed by atoms with Gasteiger partial charge in [-0.1, -0.05) is 23.4 Å². The molecule has 0 aliphatic heterocycles. The molecule has 0 spiro atoms. The molecule has 0 fully saturated rings. The van der Waals surface area contributed by atoms with E-state index in [1.807, 2.05) is 0 Å². The van der Waals surface area contributed by atoms with Gasteiger partial charge in [0.1, 0.15) is 12.1 Å². The van der Waals surface area contributed by atoms with Crippen molar-refractivity contribution in [2.75, 3.05) is 11.3 Å². The maximum Gasteiger partial charge on any atom is 0.263 e. The first kappa shape index (κ1) is 25.3. The van der Waals surface area contributed by atoms with E-state index in [-0.39, 0.29) is 22.7 Å². The number of aromatic nitrogens is 2. The molecule has 3 N–H and O–H groups in total. The van der Waals surface area contributed by atoms with Crippen LogP contribution in [-0.4, -0.2) is 41.1 Å². The van der Waals surface area contributed by atoms with E-state index in [0.717, 1.165) is 0 Å². The Morgan fingerprint density at radius 2 is 1.82 bits per heavy atom. The molecule has 1 atom stereocenters. The molecular formula is C27H22FN3O6S. The van der Waals surface area contributed by atoms with Gasteiger partial charge in [-0.3, -0.25) is 14.1 Å². The maximum absolute atomic E-state index is 13.8. The first-order valence-corrected chi connectivity index (χ1v) is 13.0. The van der Waals surface area contributed by atoms with Crippen molar-refractivity contribution in [1.29, 1.82) is 0 Å². The zero-order valence-electron chi connectivity index (χ0n) is 19.8. The van der Waals surface area contributed by atoms with Crippen LogP contribution in [0.1, 0.15) is 5.56 Å². The Morgan fingerprint density at radius 3 is 2.55 bits per heavy atom. The zero-order valence-corrected chi connectivity index (χ0v) is 20.6. The normalized spacial score (nSPS) is 12.5. The predicted molar refractivity (Wildman–Crippen MR) is 139 cm³/mol. The fourth-order valence-corrected chi connectivity index (χ4v) is 5.26. The number of rotatable bonds is 8. The van der Waals surface area contributed by atoms with E-state index in [2.05, 4.69) is 14.4 Å². The lowest BCUT2D eigenvalue weighted by atomic mass is 9.98. The van der Waals surface area contributed by atoms with Crippen LogP contribution in [-0.2, 0) is 16.4 Å². The van der Waals surface area contributed by atoms with Crippen LogP contribution in [0.2, 0.25) is 0 Å². The Bertz CT molecular complexity index is 1780. The highest BCUT2D eigenvalue weighted by Crippen LogP contribution is 2.28. The summed E-state index contributed by atoms with van der Waals surface area (Å²) in [5.74, 6) is -0.377. The average Bonchev–Trinajstić information content (AvgIpc) is 3.41. The van der Waals surface area contributed by atoms with E-state index in [4.69, 9.17) is 0 Å². The lowest BCUT2D eigenvalue weighted by molar-refractivity contribution is 0.0955. The van der Waals surface area contributed by atoms with Crippen LogP contribution >= 0.6 is 0 Å². The van der Waals surface area contributed by atoms with Gasteiger partial charge in [0, 0.05) is 23.9 Å². The molecule has 3 aromatic carbocycles. The fraction of sp³-hybridized carbons (Fsp3) is 0.111. The number of aliphatic hydroxyl groups excluding tert-OH is 2. The van der Waals surface area contributed by atoms with Gasteiger partial charge >= 0.3 is 0 Å². The average molecular weight is 536 g/mol. The minimum atomic E-state index is -3.98. The van der Waals surface area contributed by atoms with Crippen LogP contribution in [0.3, 0.4) is 0 Å². The van der Waals surface area contributed by atoms with Crippen molar-refractivity contribution < 1.29 is 27.5 Å². The van der Waals surface area contributed by atoms with Gasteiger partial charge in [-0.2, -0.15) is 0 Å². The second-order valence-electron chi connectivity index (χ2n) is 8.61. The van der Waals surface area contributed by atoms with Crippen LogP contribution in [0.25, 0.3) is 27.7 Å². The lowest BCUT2D eigenvalue weighted by Gasteiger charge is -2.18. The number of fused-ring (bicyclic) bond motifs is 1. The molecule has 11 heteroatoms. The van der Waals surface area contributed by atoms with Crippen molar-refractivity contribution in [2.45, 2.75) is 17.4 Å². The molecule has 0 aliphatic rings. The summed E-state index contributed by atoms with van der Waals surface area (Å²) in [6.07, 6.45) is 0.162. The number of halogens is 1. The van der Waals surface area contributed by atoms with Crippen LogP contribution in [0.5, 0.6) is 0 Å². The van der Waals surface area contributed by atoms with Crippen molar-refractivity contribution in [1.82, 2.24) is 9.72 Å². The second kappa shape index (κ2) is 10.2. The van der Waals surface area contributed by atoms with Crippen LogP contribution in [0.4, 0.5) is 10.2 Å². The molecule has 0 saturated heterocycles. The Morgan fingerprint density at radius 1 is 1.00 bits per heavy atom. The van der Waals surface area contributed by atoms with Gasteiger partial charge in [0.25, 0.3) is 15.6 Å². The van der Waals surface area contributed by atoms with E-state index < -0.39 is 28.6 Å². The number of pyridine rings is 1. The lowest BCUT2D eigenvalue weighted by Crippen LogP contribution is -2.22. The Hall–Kier alpha value is -4.32. The summed E-state index contributed by atoms with van der Waals surface area (Å²) >= 11 is 0. The van der Waals surface area contributed by atoms with Crippen molar-refractivity contribution in [3.63, 3.8) is 0 Å². The largest absolute Gasteiger partial charge is 0.394 e. The molecule has 38 heavy (non-hydrogen) atoms. The monoisotopic (exact) mass is 535 g/mol. The topological polar surface area (TPSA) is 135 Å². The maximum atomic E-state index is 13.8. The summed E-state index contributed by atoms with van der Waals surface area (Å²) in [4.78, 5) is 13.0. The molecular weight excluding hydrogens is 513 g/mol. The van der Waals surface area contributed by atoms with E-state index in [0.29, 0.717) is 33.3 Å². The molecule has 0 saturated carbocycles. The summed E-state index contributed by atoms with van der Waals surface area (Å²) in [5, 5.41) is 23.7. The fourth-order valence-electron chi connectivity index (χ4n) is 4.23. The van der Waals surface area contributed by atoms with Crippen LogP contribution in [0, 0.1) is 5.82 Å². The Kier molecular flexibility index (Phi) is 6.81. The summed E-state index contributed by atoms with van der Waals surface area (Å²) in [5.41, 5.74) is 2.28. The second-order valence-corrected chi connectivity index (χ2v) is 10.3. The van der Waals surface area contributed by atoms with Gasteiger partial charge in [0.05, 0.1) is 28.8 Å². The molecule has 194 valence electrons. The highest BCUT2D eigenvalue weighted by Gasteiger charge is 2.19. The summed E-state index contributed by atoms with van der Waals surface area (Å²) in [6, 6.07) is 19.7. The Balaban J connectivity index is 1.64. The highest BCUT2D eigenvalue weighted by atomic mass is 32.2. The molecule has 5 aromatic rings. The summed E-state index contributed by atoms with van der Waals surface area (Å²) in [7, 11) is -3.98. The van der Waals surface area contributed by atoms with Crippen molar-refractivity contribution in [2.24, 2.45) is 0 Å². The van der Waals surface area contributed by atoms with Gasteiger partial charge in [-0.05, 0) is 65.2 Å². The number of benzene rings is 3. The number of anilines is 1. The number of aliphatic hydroxyl groups is 2. The minimum Gasteiger partial charge on any atom is -0.394 e. The molecule has 0 radical (unpaired) electrons. The molecule has 2 aromatic heterocycles. The van der Waals surface area contributed by atoms with Gasteiger partial charge < -0.3 is 14.7 Å². The molecule has 5 rings (SSSR count). The zero-order chi connectivity index (χ0) is 26.9. The van der Waals surface area contributed by atoms with E-state index in [1.54, 1.807) is 30.3 Å². The standard InChI is InChI=1S/C27H22FN3O6S/c28-21-3-1-2-17(13-21)18-4-7-25(20(12-18)14-22(33)16-32)31-24-8-6-23(15-19(24)5-9-27(31)34)38(35,36)30-26-10-11-37-29-26/h1-13,15,22,32-33H,14,16H2,(H,29,30)/t22-/m0/s1. The van der Waals surface area contributed by atoms with Gasteiger partial charge in [-0.15, -0.1) is 0 Å². The molecule has 0 amide bonds. The van der Waals surface area contributed by atoms with Gasteiger partial charge in [0.2, 0.25) is 0 Å². The first-order valence-electron chi connectivity index (χ1n) is 11.5. The SMILES string of the molecule is O=c1ccc2cc(S(=O)(=O)Nc3ccon3)ccc2n1-c1ccc(-c2cccc(F)c2)cc1C[C@H](O)CO.